The largest absolute Gasteiger partial charge is 0.208 e. The van der Waals surface area contributed by atoms with E-state index in [9.17, 15) is 0 Å². The lowest BCUT2D eigenvalue weighted by atomic mass is 10.1. The Kier molecular flexibility index (Phi) is 4.79. The second-order valence-electron chi connectivity index (χ2n) is 5.99. The molecule has 0 unspecified atom stereocenters. The van der Waals surface area contributed by atoms with Crippen molar-refractivity contribution in [1.29, 1.82) is 0 Å². The van der Waals surface area contributed by atoms with Crippen molar-refractivity contribution in [3.05, 3.63) is 72.9 Å². The van der Waals surface area contributed by atoms with Crippen LogP contribution in [0.1, 0.15) is 25.7 Å². The molecule has 3 rings (SSSR count). The van der Waals surface area contributed by atoms with Crippen LogP contribution in [-0.4, -0.2) is 0 Å². The third-order valence-electron chi connectivity index (χ3n) is 4.22. The van der Waals surface area contributed by atoms with Crippen molar-refractivity contribution in [2.45, 2.75) is 32.2 Å². The molecule has 0 radical (unpaired) electrons. The van der Waals surface area contributed by atoms with Gasteiger partial charge < -0.3 is 0 Å². The van der Waals surface area contributed by atoms with E-state index in [1.54, 1.807) is 5.57 Å². The van der Waals surface area contributed by atoms with Crippen molar-refractivity contribution >= 4 is 0 Å². The van der Waals surface area contributed by atoms with Crippen LogP contribution >= 0.6 is 0 Å². The number of aromatic nitrogens is 2. The number of aryl methyl sites for hydroxylation is 2. The van der Waals surface area contributed by atoms with E-state index in [2.05, 4.69) is 76.4 Å². The standard InChI is InChI=1S/C20H24N2/c1-21-14-9-19(10-15-21)20-11-16-22(17-12-20)13-5-4-8-18-6-2-3-7-18/h2-3,6,9-12,14-17H,4-5,7-8,13H2,1H3/q+2. The van der Waals surface area contributed by atoms with Crippen LogP contribution in [0.2, 0.25) is 0 Å². The molecule has 2 aromatic heterocycles. The first kappa shape index (κ1) is 14.7. The van der Waals surface area contributed by atoms with Crippen LogP contribution in [0.15, 0.2) is 72.9 Å². The van der Waals surface area contributed by atoms with Gasteiger partial charge in [0.1, 0.15) is 13.6 Å². The number of hydrogen-bond acceptors (Lipinski definition) is 0. The number of rotatable bonds is 6. The van der Waals surface area contributed by atoms with E-state index in [-0.39, 0.29) is 0 Å². The van der Waals surface area contributed by atoms with Gasteiger partial charge in [-0.15, -0.1) is 0 Å². The van der Waals surface area contributed by atoms with Gasteiger partial charge in [-0.25, -0.2) is 9.13 Å². The lowest BCUT2D eigenvalue weighted by Crippen LogP contribution is -2.32. The van der Waals surface area contributed by atoms with Crippen molar-refractivity contribution in [2.75, 3.05) is 0 Å². The third kappa shape index (κ3) is 3.91. The molecule has 1 aliphatic carbocycles. The Labute approximate surface area is 133 Å². The second-order valence-corrected chi connectivity index (χ2v) is 5.99. The van der Waals surface area contributed by atoms with Crippen LogP contribution in [0.4, 0.5) is 0 Å². The van der Waals surface area contributed by atoms with E-state index >= 15 is 0 Å². The summed E-state index contributed by atoms with van der Waals surface area (Å²) in [5.74, 6) is 0. The quantitative estimate of drug-likeness (QED) is 0.568. The normalized spacial score (nSPS) is 13.4. The van der Waals surface area contributed by atoms with Gasteiger partial charge in [0, 0.05) is 30.7 Å². The Bertz CT molecular complexity index is 664. The molecule has 0 N–H and O–H groups in total. The van der Waals surface area contributed by atoms with Gasteiger partial charge in [-0.2, -0.15) is 0 Å². The number of pyridine rings is 2. The first-order valence-corrected chi connectivity index (χ1v) is 8.10. The monoisotopic (exact) mass is 292 g/mol. The van der Waals surface area contributed by atoms with Gasteiger partial charge in [0.25, 0.3) is 0 Å². The van der Waals surface area contributed by atoms with Crippen molar-refractivity contribution in [2.24, 2.45) is 7.05 Å². The van der Waals surface area contributed by atoms with Crippen molar-refractivity contribution in [1.82, 2.24) is 0 Å². The van der Waals surface area contributed by atoms with Crippen LogP contribution in [-0.2, 0) is 13.6 Å². The summed E-state index contributed by atoms with van der Waals surface area (Å²) in [6, 6.07) is 8.73. The number of unbranched alkanes of at least 4 members (excludes halogenated alkanes) is 1. The maximum atomic E-state index is 2.29. The van der Waals surface area contributed by atoms with E-state index in [0.29, 0.717) is 0 Å². The highest BCUT2D eigenvalue weighted by Gasteiger charge is 2.05. The summed E-state index contributed by atoms with van der Waals surface area (Å²) in [6.07, 6.45) is 20.2. The molecule has 2 heterocycles. The molecule has 1 aliphatic rings. The molecule has 2 heteroatoms. The van der Waals surface area contributed by atoms with Gasteiger partial charge in [0.2, 0.25) is 0 Å². The molecular weight excluding hydrogens is 268 g/mol. The Balaban J connectivity index is 1.50. The molecule has 112 valence electrons. The first-order chi connectivity index (χ1) is 10.8. The summed E-state index contributed by atoms with van der Waals surface area (Å²) in [6.45, 7) is 1.10. The van der Waals surface area contributed by atoms with E-state index in [1.165, 1.54) is 30.4 Å². The Morgan fingerprint density at radius 2 is 1.59 bits per heavy atom. The number of allylic oxidation sites excluding steroid dienone is 4. The van der Waals surface area contributed by atoms with Gasteiger partial charge in [0.05, 0.1) is 0 Å². The van der Waals surface area contributed by atoms with Crippen molar-refractivity contribution in [3.8, 4) is 11.1 Å². The minimum Gasteiger partial charge on any atom is -0.208 e. The molecule has 0 bridgehead atoms. The van der Waals surface area contributed by atoms with Crippen LogP contribution < -0.4 is 9.13 Å². The van der Waals surface area contributed by atoms with Gasteiger partial charge >= 0.3 is 0 Å². The molecule has 0 aliphatic heterocycles. The Morgan fingerprint density at radius 1 is 0.909 bits per heavy atom. The minimum atomic E-state index is 1.10. The van der Waals surface area contributed by atoms with Crippen LogP contribution in [0.5, 0.6) is 0 Å². The number of nitrogens with zero attached hydrogens (tertiary/aromatic N) is 2. The molecule has 0 saturated heterocycles. The predicted octanol–water partition coefficient (Wildman–Crippen LogP) is 3.52. The Morgan fingerprint density at radius 3 is 2.23 bits per heavy atom. The fourth-order valence-electron chi connectivity index (χ4n) is 2.82. The zero-order valence-corrected chi connectivity index (χ0v) is 13.3. The molecule has 0 spiro atoms. The SMILES string of the molecule is C[n+]1ccc(-c2cc[n+](CCCCC3=CC=CC3)cc2)cc1. The molecule has 0 fully saturated rings. The lowest BCUT2D eigenvalue weighted by molar-refractivity contribution is -0.697. The van der Waals surface area contributed by atoms with Gasteiger partial charge in [-0.3, -0.25) is 0 Å². The van der Waals surface area contributed by atoms with Gasteiger partial charge in [-0.1, -0.05) is 23.8 Å². The average molecular weight is 292 g/mol. The topological polar surface area (TPSA) is 7.76 Å². The molecule has 0 aromatic carbocycles. The molecule has 0 atom stereocenters. The van der Waals surface area contributed by atoms with Crippen LogP contribution in [0.25, 0.3) is 11.1 Å². The zero-order valence-electron chi connectivity index (χ0n) is 13.3. The minimum absolute atomic E-state index is 1.10. The van der Waals surface area contributed by atoms with Crippen molar-refractivity contribution in [3.63, 3.8) is 0 Å². The summed E-state index contributed by atoms with van der Waals surface area (Å²) in [4.78, 5) is 0. The second kappa shape index (κ2) is 7.17. The molecular formula is C20H24N2+2. The van der Waals surface area contributed by atoms with Crippen molar-refractivity contribution < 1.29 is 9.13 Å². The highest BCUT2D eigenvalue weighted by molar-refractivity contribution is 5.60. The van der Waals surface area contributed by atoms with Gasteiger partial charge in [0.15, 0.2) is 24.8 Å². The lowest BCUT2D eigenvalue weighted by Gasteiger charge is -2.02. The molecule has 2 aromatic rings. The van der Waals surface area contributed by atoms with E-state index in [4.69, 9.17) is 0 Å². The fourth-order valence-corrected chi connectivity index (χ4v) is 2.82. The summed E-state index contributed by atoms with van der Waals surface area (Å²) >= 11 is 0. The van der Waals surface area contributed by atoms with E-state index in [1.807, 2.05) is 7.05 Å². The molecule has 0 amide bonds. The van der Waals surface area contributed by atoms with E-state index in [0.717, 1.165) is 13.0 Å². The molecule has 0 saturated carbocycles. The fraction of sp³-hybridized carbons (Fsp3) is 0.300. The maximum Gasteiger partial charge on any atom is 0.169 e. The third-order valence-corrected chi connectivity index (χ3v) is 4.22. The number of hydrogen-bond donors (Lipinski definition) is 0. The highest BCUT2D eigenvalue weighted by atomic mass is 14.9. The van der Waals surface area contributed by atoms with Crippen LogP contribution in [0.3, 0.4) is 0 Å². The molecule has 2 nitrogen and oxygen atoms in total. The van der Waals surface area contributed by atoms with Gasteiger partial charge in [-0.05, 0) is 30.4 Å². The summed E-state index contributed by atoms with van der Waals surface area (Å²) in [5, 5.41) is 0. The predicted molar refractivity (Wildman–Crippen MR) is 88.9 cm³/mol. The van der Waals surface area contributed by atoms with E-state index < -0.39 is 0 Å². The summed E-state index contributed by atoms with van der Waals surface area (Å²) in [7, 11) is 2.04. The highest BCUT2D eigenvalue weighted by Crippen LogP contribution is 2.17. The molecule has 22 heavy (non-hydrogen) atoms. The zero-order chi connectivity index (χ0) is 15.2. The smallest absolute Gasteiger partial charge is 0.169 e. The average Bonchev–Trinajstić information content (AvgIpc) is 3.06. The van der Waals surface area contributed by atoms with Crippen LogP contribution in [0, 0.1) is 0 Å². The maximum absolute atomic E-state index is 2.29. The summed E-state index contributed by atoms with van der Waals surface area (Å²) in [5.41, 5.74) is 4.13. The first-order valence-electron chi connectivity index (χ1n) is 8.10. The Hall–Kier alpha value is -2.22. The summed E-state index contributed by atoms with van der Waals surface area (Å²) < 4.78 is 4.34.